The van der Waals surface area contributed by atoms with Crippen LogP contribution < -0.4 is 9.47 Å². The second-order valence-corrected chi connectivity index (χ2v) is 6.04. The zero-order valence-electron chi connectivity index (χ0n) is 13.4. The van der Waals surface area contributed by atoms with E-state index in [1.807, 2.05) is 48.5 Å². The topological polar surface area (TPSA) is 42.2 Å². The average Bonchev–Trinajstić information content (AvgIpc) is 3.11. The molecule has 0 saturated heterocycles. The Balaban J connectivity index is 1.81. The third kappa shape index (κ3) is 3.17. The van der Waals surface area contributed by atoms with E-state index in [1.54, 1.807) is 7.11 Å². The van der Waals surface area contributed by atoms with Crippen LogP contribution in [-0.4, -0.2) is 7.11 Å². The van der Waals surface area contributed by atoms with Crippen molar-refractivity contribution in [2.24, 2.45) is 0 Å². The van der Waals surface area contributed by atoms with Gasteiger partial charge in [0.1, 0.15) is 6.61 Å². The summed E-state index contributed by atoms with van der Waals surface area (Å²) in [5.41, 5.74) is 1.80. The third-order valence-electron chi connectivity index (χ3n) is 4.62. The van der Waals surface area contributed by atoms with Gasteiger partial charge in [-0.2, -0.15) is 5.26 Å². The van der Waals surface area contributed by atoms with Gasteiger partial charge in [-0.1, -0.05) is 49.2 Å². The smallest absolute Gasteiger partial charge is 0.161 e. The first-order valence-corrected chi connectivity index (χ1v) is 8.04. The van der Waals surface area contributed by atoms with E-state index in [9.17, 15) is 5.26 Å². The van der Waals surface area contributed by atoms with Crippen molar-refractivity contribution in [1.29, 1.82) is 5.26 Å². The highest BCUT2D eigenvalue weighted by Crippen LogP contribution is 2.43. The van der Waals surface area contributed by atoms with Crippen molar-refractivity contribution in [2.45, 2.75) is 37.7 Å². The van der Waals surface area contributed by atoms with Crippen LogP contribution in [0.2, 0.25) is 0 Å². The fourth-order valence-corrected chi connectivity index (χ4v) is 3.26. The number of benzene rings is 2. The molecule has 0 aromatic heterocycles. The summed E-state index contributed by atoms with van der Waals surface area (Å²) in [6.45, 7) is 0.500. The second-order valence-electron chi connectivity index (χ2n) is 6.04. The Bertz CT molecular complexity index is 697. The van der Waals surface area contributed by atoms with Crippen molar-refractivity contribution in [3.8, 4) is 17.6 Å². The number of nitriles is 1. The van der Waals surface area contributed by atoms with Gasteiger partial charge >= 0.3 is 0 Å². The Morgan fingerprint density at radius 3 is 2.43 bits per heavy atom. The van der Waals surface area contributed by atoms with Crippen LogP contribution in [0.3, 0.4) is 0 Å². The van der Waals surface area contributed by atoms with Gasteiger partial charge in [-0.3, -0.25) is 0 Å². The molecule has 0 spiro atoms. The predicted octanol–water partition coefficient (Wildman–Crippen LogP) is 4.61. The summed E-state index contributed by atoms with van der Waals surface area (Å²) < 4.78 is 11.4. The minimum absolute atomic E-state index is 0.356. The number of ether oxygens (including phenoxy) is 2. The van der Waals surface area contributed by atoms with Crippen molar-refractivity contribution < 1.29 is 9.47 Å². The SMILES string of the molecule is COc1cc(C2(C#N)CCCC2)ccc1OCc1ccccc1. The highest BCUT2D eigenvalue weighted by Gasteiger charge is 2.36. The van der Waals surface area contributed by atoms with E-state index in [4.69, 9.17) is 9.47 Å². The summed E-state index contributed by atoms with van der Waals surface area (Å²) >= 11 is 0. The molecule has 1 fully saturated rings. The molecule has 0 unspecified atom stereocenters. The van der Waals surface area contributed by atoms with Gasteiger partial charge < -0.3 is 9.47 Å². The average molecular weight is 307 g/mol. The Morgan fingerprint density at radius 1 is 1.04 bits per heavy atom. The first kappa shape index (κ1) is 15.4. The molecule has 23 heavy (non-hydrogen) atoms. The molecule has 1 aliphatic carbocycles. The van der Waals surface area contributed by atoms with E-state index in [0.717, 1.165) is 36.8 Å². The molecule has 0 radical (unpaired) electrons. The predicted molar refractivity (Wildman–Crippen MR) is 89.5 cm³/mol. The summed E-state index contributed by atoms with van der Waals surface area (Å²) in [5, 5.41) is 9.63. The molecule has 2 aromatic rings. The summed E-state index contributed by atoms with van der Waals surface area (Å²) in [5.74, 6) is 1.41. The van der Waals surface area contributed by atoms with Gasteiger partial charge in [0.05, 0.1) is 18.6 Å². The van der Waals surface area contributed by atoms with Crippen LogP contribution in [0.4, 0.5) is 0 Å². The molecule has 2 aromatic carbocycles. The third-order valence-corrected chi connectivity index (χ3v) is 4.62. The van der Waals surface area contributed by atoms with Crippen molar-refractivity contribution >= 4 is 0 Å². The van der Waals surface area contributed by atoms with Gasteiger partial charge in [0.2, 0.25) is 0 Å². The van der Waals surface area contributed by atoms with Gasteiger partial charge in [0.15, 0.2) is 11.5 Å². The molecule has 3 nitrogen and oxygen atoms in total. The van der Waals surface area contributed by atoms with E-state index in [2.05, 4.69) is 6.07 Å². The highest BCUT2D eigenvalue weighted by molar-refractivity contribution is 5.47. The Kier molecular flexibility index (Phi) is 4.52. The van der Waals surface area contributed by atoms with Crippen LogP contribution in [-0.2, 0) is 12.0 Å². The molecule has 1 aliphatic rings. The van der Waals surface area contributed by atoms with E-state index in [0.29, 0.717) is 18.1 Å². The molecule has 118 valence electrons. The quantitative estimate of drug-likeness (QED) is 0.810. The molecule has 3 rings (SSSR count). The van der Waals surface area contributed by atoms with Crippen molar-refractivity contribution in [1.82, 2.24) is 0 Å². The van der Waals surface area contributed by atoms with Gasteiger partial charge in [-0.25, -0.2) is 0 Å². The standard InChI is InChI=1S/C20H21NO2/c1-22-19-13-17(20(15-21)11-5-6-12-20)9-10-18(19)23-14-16-7-3-2-4-8-16/h2-4,7-10,13H,5-6,11-12,14H2,1H3. The van der Waals surface area contributed by atoms with Gasteiger partial charge in [-0.05, 0) is 36.1 Å². The van der Waals surface area contributed by atoms with E-state index in [1.165, 1.54) is 0 Å². The van der Waals surface area contributed by atoms with Crippen LogP contribution >= 0.6 is 0 Å². The van der Waals surface area contributed by atoms with Gasteiger partial charge in [0.25, 0.3) is 0 Å². The fourth-order valence-electron chi connectivity index (χ4n) is 3.26. The summed E-state index contributed by atoms with van der Waals surface area (Å²) in [6, 6.07) is 18.5. The number of nitrogens with zero attached hydrogens (tertiary/aromatic N) is 1. The van der Waals surface area contributed by atoms with Crippen molar-refractivity contribution in [2.75, 3.05) is 7.11 Å². The summed E-state index contributed by atoms with van der Waals surface area (Å²) in [6.07, 6.45) is 4.08. The number of hydrogen-bond acceptors (Lipinski definition) is 3. The number of hydrogen-bond donors (Lipinski definition) is 0. The van der Waals surface area contributed by atoms with E-state index < -0.39 is 0 Å². The number of rotatable bonds is 5. The minimum Gasteiger partial charge on any atom is -0.493 e. The Labute approximate surface area is 137 Å². The molecule has 1 saturated carbocycles. The normalized spacial score (nSPS) is 15.8. The monoisotopic (exact) mass is 307 g/mol. The lowest BCUT2D eigenvalue weighted by Crippen LogP contribution is -2.19. The van der Waals surface area contributed by atoms with Crippen LogP contribution in [0.5, 0.6) is 11.5 Å². The van der Waals surface area contributed by atoms with E-state index >= 15 is 0 Å². The number of methoxy groups -OCH3 is 1. The van der Waals surface area contributed by atoms with Crippen molar-refractivity contribution in [3.05, 3.63) is 59.7 Å². The van der Waals surface area contributed by atoms with Crippen LogP contribution in [0.15, 0.2) is 48.5 Å². The maximum Gasteiger partial charge on any atom is 0.161 e. The Hall–Kier alpha value is -2.47. The lowest BCUT2D eigenvalue weighted by Gasteiger charge is -2.22. The summed E-state index contributed by atoms with van der Waals surface area (Å²) in [4.78, 5) is 0. The Morgan fingerprint density at radius 2 is 1.78 bits per heavy atom. The molecule has 0 heterocycles. The lowest BCUT2D eigenvalue weighted by molar-refractivity contribution is 0.284. The minimum atomic E-state index is -0.356. The molecule has 0 atom stereocenters. The summed E-state index contributed by atoms with van der Waals surface area (Å²) in [7, 11) is 1.64. The highest BCUT2D eigenvalue weighted by atomic mass is 16.5. The largest absolute Gasteiger partial charge is 0.493 e. The lowest BCUT2D eigenvalue weighted by atomic mass is 9.80. The first-order valence-electron chi connectivity index (χ1n) is 8.04. The molecule has 0 aliphatic heterocycles. The van der Waals surface area contributed by atoms with Crippen LogP contribution in [0, 0.1) is 11.3 Å². The zero-order valence-corrected chi connectivity index (χ0v) is 13.4. The molecular weight excluding hydrogens is 286 g/mol. The van der Waals surface area contributed by atoms with Gasteiger partial charge in [-0.15, -0.1) is 0 Å². The van der Waals surface area contributed by atoms with Crippen molar-refractivity contribution in [3.63, 3.8) is 0 Å². The molecule has 0 N–H and O–H groups in total. The molecule has 0 amide bonds. The van der Waals surface area contributed by atoms with Crippen LogP contribution in [0.1, 0.15) is 36.8 Å². The van der Waals surface area contributed by atoms with Crippen LogP contribution in [0.25, 0.3) is 0 Å². The van der Waals surface area contributed by atoms with Gasteiger partial charge in [0, 0.05) is 0 Å². The van der Waals surface area contributed by atoms with E-state index in [-0.39, 0.29) is 5.41 Å². The molecule has 0 bridgehead atoms. The maximum atomic E-state index is 9.63. The zero-order chi connectivity index (χ0) is 16.1. The molecular formula is C20H21NO2. The first-order chi connectivity index (χ1) is 11.3. The second kappa shape index (κ2) is 6.75. The fraction of sp³-hybridized carbons (Fsp3) is 0.350. The maximum absolute atomic E-state index is 9.63. The molecule has 3 heteroatoms.